The van der Waals surface area contributed by atoms with Crippen molar-refractivity contribution in [1.82, 2.24) is 4.98 Å². The number of carbonyl (C=O) groups is 1. The van der Waals surface area contributed by atoms with Gasteiger partial charge in [-0.1, -0.05) is 6.07 Å². The number of rotatable bonds is 3. The van der Waals surface area contributed by atoms with Gasteiger partial charge in [0.15, 0.2) is 0 Å². The minimum atomic E-state index is -0.330. The summed E-state index contributed by atoms with van der Waals surface area (Å²) < 4.78 is 13.1. The summed E-state index contributed by atoms with van der Waals surface area (Å²) in [5.74, 6) is -0.0145. The molecule has 1 aromatic carbocycles. The molecule has 0 aliphatic carbocycles. The van der Waals surface area contributed by atoms with Gasteiger partial charge < -0.3 is 10.6 Å². The first-order chi connectivity index (χ1) is 9.10. The van der Waals surface area contributed by atoms with E-state index in [9.17, 15) is 9.18 Å². The van der Waals surface area contributed by atoms with Crippen LogP contribution in [0.2, 0.25) is 0 Å². The van der Waals surface area contributed by atoms with Gasteiger partial charge in [-0.25, -0.2) is 9.37 Å². The van der Waals surface area contributed by atoms with E-state index in [4.69, 9.17) is 0 Å². The molecule has 0 fully saturated rings. The van der Waals surface area contributed by atoms with Gasteiger partial charge in [0.05, 0.1) is 0 Å². The summed E-state index contributed by atoms with van der Waals surface area (Å²) in [4.78, 5) is 16.1. The topological polar surface area (TPSA) is 54.0 Å². The molecule has 0 saturated heterocycles. The third-order valence-corrected chi connectivity index (χ3v) is 2.65. The van der Waals surface area contributed by atoms with Crippen LogP contribution in [0.5, 0.6) is 0 Å². The Labute approximate surface area is 110 Å². The van der Waals surface area contributed by atoms with Crippen LogP contribution in [0.15, 0.2) is 36.4 Å². The van der Waals surface area contributed by atoms with Crippen LogP contribution in [-0.2, 0) is 0 Å². The number of hydrogen-bond donors (Lipinski definition) is 2. The fraction of sp³-hybridized carbons (Fsp3) is 0.143. The molecule has 5 heteroatoms. The van der Waals surface area contributed by atoms with Gasteiger partial charge in [0, 0.05) is 12.7 Å². The first-order valence-corrected chi connectivity index (χ1v) is 5.82. The van der Waals surface area contributed by atoms with Crippen LogP contribution in [-0.4, -0.2) is 17.9 Å². The van der Waals surface area contributed by atoms with Gasteiger partial charge in [0.2, 0.25) is 0 Å². The van der Waals surface area contributed by atoms with E-state index < -0.39 is 0 Å². The van der Waals surface area contributed by atoms with E-state index in [0.717, 1.165) is 0 Å². The quantitative estimate of drug-likeness (QED) is 0.891. The Morgan fingerprint density at radius 1 is 1.26 bits per heavy atom. The highest BCUT2D eigenvalue weighted by atomic mass is 19.1. The largest absolute Gasteiger partial charge is 0.373 e. The number of nitrogens with one attached hydrogen (secondary N) is 2. The van der Waals surface area contributed by atoms with Crippen molar-refractivity contribution < 1.29 is 9.18 Å². The molecule has 0 radical (unpaired) electrons. The smallest absolute Gasteiger partial charge is 0.274 e. The second-order valence-corrected chi connectivity index (χ2v) is 4.08. The molecule has 0 aliphatic heterocycles. The number of nitrogens with zero attached hydrogens (tertiary/aromatic N) is 1. The number of carbonyl (C=O) groups excluding carboxylic acids is 1. The maximum Gasteiger partial charge on any atom is 0.274 e. The van der Waals surface area contributed by atoms with Crippen molar-refractivity contribution in [1.29, 1.82) is 0 Å². The lowest BCUT2D eigenvalue weighted by Crippen LogP contribution is -2.14. The molecule has 0 spiro atoms. The molecule has 1 amide bonds. The Bertz CT molecular complexity index is 613. The fourth-order valence-corrected chi connectivity index (χ4v) is 1.62. The number of hydrogen-bond acceptors (Lipinski definition) is 3. The number of amides is 1. The molecular formula is C14H14FN3O. The molecule has 4 nitrogen and oxygen atoms in total. The lowest BCUT2D eigenvalue weighted by atomic mass is 10.2. The average Bonchev–Trinajstić information content (AvgIpc) is 2.43. The van der Waals surface area contributed by atoms with E-state index >= 15 is 0 Å². The van der Waals surface area contributed by atoms with Crippen molar-refractivity contribution in [3.63, 3.8) is 0 Å². The van der Waals surface area contributed by atoms with Crippen LogP contribution in [0.3, 0.4) is 0 Å². The monoisotopic (exact) mass is 259 g/mol. The molecule has 0 atom stereocenters. The first-order valence-electron chi connectivity index (χ1n) is 5.82. The normalized spacial score (nSPS) is 10.1. The molecular weight excluding hydrogens is 245 g/mol. The van der Waals surface area contributed by atoms with Crippen molar-refractivity contribution in [3.8, 4) is 0 Å². The molecule has 1 heterocycles. The van der Waals surface area contributed by atoms with Crippen LogP contribution in [0.25, 0.3) is 0 Å². The molecule has 1 aromatic heterocycles. The highest BCUT2D eigenvalue weighted by Gasteiger charge is 2.09. The average molecular weight is 259 g/mol. The minimum absolute atomic E-state index is 0.298. The standard InChI is InChI=1S/C14H14FN3O/c1-9-8-10(6-7-11(9)15)17-14(19)12-4-3-5-13(16-2)18-12/h3-8H,1-2H3,(H,16,18)(H,17,19). The number of benzene rings is 1. The van der Waals surface area contributed by atoms with Gasteiger partial charge in [0.25, 0.3) is 5.91 Å². The number of anilines is 2. The Hall–Kier alpha value is -2.43. The molecule has 2 rings (SSSR count). The summed E-state index contributed by atoms with van der Waals surface area (Å²) in [5.41, 5.74) is 1.32. The van der Waals surface area contributed by atoms with Crippen molar-refractivity contribution in [2.45, 2.75) is 6.92 Å². The maximum absolute atomic E-state index is 13.1. The van der Waals surface area contributed by atoms with Crippen LogP contribution in [0.4, 0.5) is 15.9 Å². The minimum Gasteiger partial charge on any atom is -0.373 e. The van der Waals surface area contributed by atoms with Crippen LogP contribution >= 0.6 is 0 Å². The van der Waals surface area contributed by atoms with Gasteiger partial charge in [-0.2, -0.15) is 0 Å². The Kier molecular flexibility index (Phi) is 3.75. The van der Waals surface area contributed by atoms with Crippen LogP contribution in [0.1, 0.15) is 16.1 Å². The summed E-state index contributed by atoms with van der Waals surface area (Å²) in [6.07, 6.45) is 0. The lowest BCUT2D eigenvalue weighted by molar-refractivity contribution is 0.102. The van der Waals surface area contributed by atoms with Gasteiger partial charge >= 0.3 is 0 Å². The lowest BCUT2D eigenvalue weighted by Gasteiger charge is -2.07. The van der Waals surface area contributed by atoms with Crippen LogP contribution < -0.4 is 10.6 Å². The zero-order chi connectivity index (χ0) is 13.8. The molecule has 0 saturated carbocycles. The Balaban J connectivity index is 2.18. The van der Waals surface area contributed by atoms with E-state index in [1.807, 2.05) is 0 Å². The van der Waals surface area contributed by atoms with E-state index in [1.54, 1.807) is 38.2 Å². The van der Waals surface area contributed by atoms with Gasteiger partial charge in [-0.3, -0.25) is 4.79 Å². The van der Waals surface area contributed by atoms with Crippen molar-refractivity contribution in [2.75, 3.05) is 17.7 Å². The summed E-state index contributed by atoms with van der Waals surface area (Å²) in [6.45, 7) is 1.64. The molecule has 19 heavy (non-hydrogen) atoms. The molecule has 2 N–H and O–H groups in total. The van der Waals surface area contributed by atoms with E-state index in [2.05, 4.69) is 15.6 Å². The van der Waals surface area contributed by atoms with E-state index in [-0.39, 0.29) is 11.7 Å². The second kappa shape index (κ2) is 5.48. The van der Waals surface area contributed by atoms with Crippen molar-refractivity contribution in [3.05, 3.63) is 53.5 Å². The van der Waals surface area contributed by atoms with Gasteiger partial charge in [-0.15, -0.1) is 0 Å². The molecule has 0 unspecified atom stereocenters. The summed E-state index contributed by atoms with van der Waals surface area (Å²) in [6, 6.07) is 9.54. The van der Waals surface area contributed by atoms with Crippen molar-refractivity contribution in [2.24, 2.45) is 0 Å². The predicted octanol–water partition coefficient (Wildman–Crippen LogP) is 2.82. The molecule has 0 bridgehead atoms. The summed E-state index contributed by atoms with van der Waals surface area (Å²) in [5, 5.41) is 5.54. The number of aryl methyl sites for hydroxylation is 1. The summed E-state index contributed by atoms with van der Waals surface area (Å²) >= 11 is 0. The third-order valence-electron chi connectivity index (χ3n) is 2.65. The zero-order valence-electron chi connectivity index (χ0n) is 10.7. The third kappa shape index (κ3) is 3.07. The highest BCUT2D eigenvalue weighted by Crippen LogP contribution is 2.14. The highest BCUT2D eigenvalue weighted by molar-refractivity contribution is 6.03. The Morgan fingerprint density at radius 2 is 2.05 bits per heavy atom. The van der Waals surface area contributed by atoms with E-state index in [1.165, 1.54) is 12.1 Å². The number of pyridine rings is 1. The maximum atomic E-state index is 13.1. The number of aromatic nitrogens is 1. The second-order valence-electron chi connectivity index (χ2n) is 4.08. The first kappa shape index (κ1) is 13.0. The van der Waals surface area contributed by atoms with E-state index in [0.29, 0.717) is 22.8 Å². The SMILES string of the molecule is CNc1cccc(C(=O)Nc2ccc(F)c(C)c2)n1. The zero-order valence-corrected chi connectivity index (χ0v) is 10.7. The fourth-order valence-electron chi connectivity index (χ4n) is 1.62. The molecule has 98 valence electrons. The van der Waals surface area contributed by atoms with Crippen LogP contribution in [0, 0.1) is 12.7 Å². The van der Waals surface area contributed by atoms with Gasteiger partial charge in [-0.05, 0) is 42.8 Å². The van der Waals surface area contributed by atoms with Crippen molar-refractivity contribution >= 4 is 17.4 Å². The molecule has 2 aromatic rings. The Morgan fingerprint density at radius 3 is 2.74 bits per heavy atom. The van der Waals surface area contributed by atoms with Gasteiger partial charge in [0.1, 0.15) is 17.3 Å². The molecule has 0 aliphatic rings. The number of halogens is 1. The summed E-state index contributed by atoms with van der Waals surface area (Å²) in [7, 11) is 1.73. The predicted molar refractivity (Wildman–Crippen MR) is 72.9 cm³/mol.